The van der Waals surface area contributed by atoms with Gasteiger partial charge in [-0.15, -0.1) is 0 Å². The first-order valence-corrected chi connectivity index (χ1v) is 6.34. The van der Waals surface area contributed by atoms with Crippen molar-refractivity contribution in [1.82, 2.24) is 0 Å². The van der Waals surface area contributed by atoms with Gasteiger partial charge < -0.3 is 10.1 Å². The van der Waals surface area contributed by atoms with Crippen molar-refractivity contribution >= 4 is 17.3 Å². The van der Waals surface area contributed by atoms with Gasteiger partial charge in [0.2, 0.25) is 0 Å². The number of benzene rings is 2. The van der Waals surface area contributed by atoms with Crippen molar-refractivity contribution in [3.63, 3.8) is 0 Å². The molecular weight excluding hydrogens is 265 g/mol. The summed E-state index contributed by atoms with van der Waals surface area (Å²) < 4.78 is 19.1. The molecular formula is C15H15ClFNO. The maximum Gasteiger partial charge on any atom is 0.132 e. The van der Waals surface area contributed by atoms with Crippen LogP contribution in [0.3, 0.4) is 0 Å². The summed E-state index contributed by atoms with van der Waals surface area (Å²) in [5.74, 6) is 0.221. The summed E-state index contributed by atoms with van der Waals surface area (Å²) in [4.78, 5) is 0. The van der Waals surface area contributed by atoms with Gasteiger partial charge in [-0.05, 0) is 31.2 Å². The van der Waals surface area contributed by atoms with E-state index in [4.69, 9.17) is 16.3 Å². The van der Waals surface area contributed by atoms with Gasteiger partial charge in [-0.3, -0.25) is 0 Å². The Labute approximate surface area is 117 Å². The van der Waals surface area contributed by atoms with Gasteiger partial charge in [0.1, 0.15) is 11.6 Å². The number of hydrogen-bond donors (Lipinski definition) is 1. The lowest BCUT2D eigenvalue weighted by Crippen LogP contribution is -2.10. The summed E-state index contributed by atoms with van der Waals surface area (Å²) in [6.45, 7) is 1.87. The maximum atomic E-state index is 13.9. The van der Waals surface area contributed by atoms with E-state index in [0.29, 0.717) is 16.3 Å². The first-order valence-electron chi connectivity index (χ1n) is 5.97. The van der Waals surface area contributed by atoms with E-state index in [1.807, 2.05) is 25.1 Å². The lowest BCUT2D eigenvalue weighted by Gasteiger charge is -2.19. The number of hydrogen-bond acceptors (Lipinski definition) is 2. The minimum Gasteiger partial charge on any atom is -0.496 e. The van der Waals surface area contributed by atoms with Crippen molar-refractivity contribution in [2.24, 2.45) is 0 Å². The second kappa shape index (κ2) is 5.93. The van der Waals surface area contributed by atoms with Gasteiger partial charge in [-0.2, -0.15) is 0 Å². The van der Waals surface area contributed by atoms with Crippen LogP contribution in [0.2, 0.25) is 5.02 Å². The molecule has 0 aliphatic carbocycles. The lowest BCUT2D eigenvalue weighted by molar-refractivity contribution is 0.402. The lowest BCUT2D eigenvalue weighted by atomic mass is 10.1. The largest absolute Gasteiger partial charge is 0.496 e. The summed E-state index contributed by atoms with van der Waals surface area (Å²) in [5.41, 5.74) is 1.26. The molecule has 0 bridgehead atoms. The Morgan fingerprint density at radius 2 is 1.89 bits per heavy atom. The fraction of sp³-hybridized carbons (Fsp3) is 0.200. The van der Waals surface area contributed by atoms with E-state index in [2.05, 4.69) is 5.32 Å². The fourth-order valence-electron chi connectivity index (χ4n) is 2.00. The topological polar surface area (TPSA) is 21.3 Å². The van der Waals surface area contributed by atoms with Crippen LogP contribution in [0.25, 0.3) is 0 Å². The van der Waals surface area contributed by atoms with Crippen molar-refractivity contribution in [3.05, 3.63) is 58.9 Å². The Hall–Kier alpha value is -1.74. The van der Waals surface area contributed by atoms with Crippen LogP contribution in [-0.2, 0) is 0 Å². The standard InChI is InChI=1S/C15H15ClFNO/c1-10(18-13-8-4-3-6-11(13)16)15-12(17)7-5-9-14(15)19-2/h3-10,18H,1-2H3. The number of ether oxygens (including phenoxy) is 1. The van der Waals surface area contributed by atoms with E-state index in [0.717, 1.165) is 5.69 Å². The Morgan fingerprint density at radius 1 is 1.16 bits per heavy atom. The molecule has 0 saturated carbocycles. The Morgan fingerprint density at radius 3 is 2.58 bits per heavy atom. The minimum absolute atomic E-state index is 0.254. The third-order valence-corrected chi connectivity index (χ3v) is 3.24. The molecule has 4 heteroatoms. The molecule has 0 radical (unpaired) electrons. The quantitative estimate of drug-likeness (QED) is 0.879. The van der Waals surface area contributed by atoms with E-state index in [1.54, 1.807) is 18.2 Å². The summed E-state index contributed by atoms with van der Waals surface area (Å²) in [6, 6.07) is 11.9. The van der Waals surface area contributed by atoms with Crippen LogP contribution < -0.4 is 10.1 Å². The van der Waals surface area contributed by atoms with Gasteiger partial charge in [-0.1, -0.05) is 29.8 Å². The molecule has 0 saturated heterocycles. The zero-order valence-corrected chi connectivity index (χ0v) is 11.5. The second-order valence-electron chi connectivity index (χ2n) is 4.20. The molecule has 0 aliphatic rings. The molecule has 0 spiro atoms. The molecule has 1 unspecified atom stereocenters. The number of halogens is 2. The van der Waals surface area contributed by atoms with Gasteiger partial charge in [0.25, 0.3) is 0 Å². The van der Waals surface area contributed by atoms with Crippen LogP contribution >= 0.6 is 11.6 Å². The molecule has 0 aromatic heterocycles. The van der Waals surface area contributed by atoms with Crippen LogP contribution in [0.5, 0.6) is 5.75 Å². The molecule has 2 nitrogen and oxygen atoms in total. The molecule has 1 N–H and O–H groups in total. The molecule has 100 valence electrons. The van der Waals surface area contributed by atoms with Crippen LogP contribution in [0.1, 0.15) is 18.5 Å². The molecule has 1 atom stereocenters. The SMILES string of the molecule is COc1cccc(F)c1C(C)Nc1ccccc1Cl. The molecule has 2 rings (SSSR count). The van der Waals surface area contributed by atoms with Gasteiger partial charge in [0, 0.05) is 0 Å². The van der Waals surface area contributed by atoms with E-state index in [1.165, 1.54) is 13.2 Å². The molecule has 0 fully saturated rings. The van der Waals surface area contributed by atoms with Crippen LogP contribution in [0.15, 0.2) is 42.5 Å². The predicted molar refractivity (Wildman–Crippen MR) is 76.4 cm³/mol. The average Bonchev–Trinajstić information content (AvgIpc) is 2.40. The first kappa shape index (κ1) is 13.7. The van der Waals surface area contributed by atoms with Crippen LogP contribution in [0.4, 0.5) is 10.1 Å². The molecule has 19 heavy (non-hydrogen) atoms. The van der Waals surface area contributed by atoms with Gasteiger partial charge in [-0.25, -0.2) is 4.39 Å². The number of rotatable bonds is 4. The van der Waals surface area contributed by atoms with Gasteiger partial charge in [0.15, 0.2) is 0 Å². The minimum atomic E-state index is -0.300. The normalized spacial score (nSPS) is 12.0. The number of methoxy groups -OCH3 is 1. The maximum absolute atomic E-state index is 13.9. The van der Waals surface area contributed by atoms with Crippen LogP contribution in [-0.4, -0.2) is 7.11 Å². The molecule has 2 aromatic rings. The summed E-state index contributed by atoms with van der Waals surface area (Å²) in [5, 5.41) is 3.79. The number of para-hydroxylation sites is 1. The van der Waals surface area contributed by atoms with E-state index in [-0.39, 0.29) is 11.9 Å². The molecule has 0 amide bonds. The zero-order valence-electron chi connectivity index (χ0n) is 10.8. The Kier molecular flexibility index (Phi) is 4.27. The highest BCUT2D eigenvalue weighted by Crippen LogP contribution is 2.32. The summed E-state index contributed by atoms with van der Waals surface area (Å²) in [7, 11) is 1.53. The number of nitrogens with one attached hydrogen (secondary N) is 1. The second-order valence-corrected chi connectivity index (χ2v) is 4.61. The molecule has 0 aliphatic heterocycles. The van der Waals surface area contributed by atoms with Gasteiger partial charge >= 0.3 is 0 Å². The average molecular weight is 280 g/mol. The van der Waals surface area contributed by atoms with Crippen LogP contribution in [0, 0.1) is 5.82 Å². The van der Waals surface area contributed by atoms with E-state index >= 15 is 0 Å². The first-order chi connectivity index (χ1) is 9.13. The molecule has 2 aromatic carbocycles. The van der Waals surface area contributed by atoms with Crippen molar-refractivity contribution in [1.29, 1.82) is 0 Å². The monoisotopic (exact) mass is 279 g/mol. The Bertz CT molecular complexity index is 574. The van der Waals surface area contributed by atoms with Gasteiger partial charge in [0.05, 0.1) is 29.4 Å². The summed E-state index contributed by atoms with van der Waals surface area (Å²) in [6.07, 6.45) is 0. The van der Waals surface area contributed by atoms with E-state index < -0.39 is 0 Å². The number of anilines is 1. The third-order valence-electron chi connectivity index (χ3n) is 2.91. The van der Waals surface area contributed by atoms with Crippen molar-refractivity contribution in [2.75, 3.05) is 12.4 Å². The van der Waals surface area contributed by atoms with Crippen molar-refractivity contribution in [3.8, 4) is 5.75 Å². The highest BCUT2D eigenvalue weighted by molar-refractivity contribution is 6.33. The highest BCUT2D eigenvalue weighted by Gasteiger charge is 2.16. The van der Waals surface area contributed by atoms with E-state index in [9.17, 15) is 4.39 Å². The van der Waals surface area contributed by atoms with Crippen molar-refractivity contribution in [2.45, 2.75) is 13.0 Å². The Balaban J connectivity index is 2.30. The zero-order chi connectivity index (χ0) is 13.8. The summed E-state index contributed by atoms with van der Waals surface area (Å²) >= 11 is 6.08. The smallest absolute Gasteiger partial charge is 0.132 e. The fourth-order valence-corrected chi connectivity index (χ4v) is 2.19. The predicted octanol–water partition coefficient (Wildman–Crippen LogP) is 4.66. The molecule has 0 heterocycles. The third kappa shape index (κ3) is 2.99. The highest BCUT2D eigenvalue weighted by atomic mass is 35.5. The van der Waals surface area contributed by atoms with Crippen molar-refractivity contribution < 1.29 is 9.13 Å².